The fourth-order valence-corrected chi connectivity index (χ4v) is 2.02. The largest absolute Gasteiger partial charge is 0.368 e. The molecule has 0 unspecified atom stereocenters. The first-order chi connectivity index (χ1) is 9.08. The molecule has 6 nitrogen and oxygen atoms in total. The second-order valence-corrected chi connectivity index (χ2v) is 4.27. The maximum atomic E-state index is 11.0. The van der Waals surface area contributed by atoms with Gasteiger partial charge in [0.05, 0.1) is 4.92 Å². The van der Waals surface area contributed by atoms with Crippen molar-refractivity contribution in [3.05, 3.63) is 56.9 Å². The molecule has 0 aliphatic heterocycles. The minimum atomic E-state index is -0.581. The summed E-state index contributed by atoms with van der Waals surface area (Å²) in [5, 5.41) is 10.7. The third kappa shape index (κ3) is 3.17. The molecule has 1 aromatic heterocycles. The molecule has 1 aromatic carbocycles. The maximum absolute atomic E-state index is 11.0. The normalized spacial score (nSPS) is 10.4. The highest BCUT2D eigenvalue weighted by Gasteiger charge is 2.22. The molecule has 1 heterocycles. The Bertz CT molecular complexity index is 604. The molecular formula is C12H11ClN4O2. The summed E-state index contributed by atoms with van der Waals surface area (Å²) in [5.74, 6) is -0.0568. The van der Waals surface area contributed by atoms with Crippen molar-refractivity contribution in [1.29, 1.82) is 0 Å². The van der Waals surface area contributed by atoms with Gasteiger partial charge in [-0.2, -0.15) is 4.98 Å². The van der Waals surface area contributed by atoms with E-state index in [9.17, 15) is 10.1 Å². The minimum absolute atomic E-state index is 0.0568. The summed E-state index contributed by atoms with van der Waals surface area (Å²) in [6.07, 6.45) is 1.00. The van der Waals surface area contributed by atoms with E-state index in [1.165, 1.54) is 0 Å². The molecule has 2 rings (SSSR count). The van der Waals surface area contributed by atoms with E-state index >= 15 is 0 Å². The van der Waals surface area contributed by atoms with Crippen LogP contribution in [0.1, 0.15) is 11.3 Å². The maximum Gasteiger partial charge on any atom is 0.327 e. The Balaban J connectivity index is 2.27. The van der Waals surface area contributed by atoms with Crippen molar-refractivity contribution in [2.45, 2.75) is 12.8 Å². The summed E-state index contributed by atoms with van der Waals surface area (Å²) in [5.41, 5.74) is 6.51. The van der Waals surface area contributed by atoms with Crippen LogP contribution in [0, 0.1) is 10.1 Å². The quantitative estimate of drug-likeness (QED) is 0.526. The summed E-state index contributed by atoms with van der Waals surface area (Å²) in [4.78, 5) is 17.9. The lowest BCUT2D eigenvalue weighted by Gasteiger charge is -2.04. The van der Waals surface area contributed by atoms with E-state index in [-0.39, 0.29) is 22.5 Å². The van der Waals surface area contributed by atoms with Crippen LogP contribution in [0.3, 0.4) is 0 Å². The lowest BCUT2D eigenvalue weighted by atomic mass is 10.1. The standard InChI is InChI=1S/C12H11ClN4O2/c13-11-10(17(18)19)9(15-12(14)16-11)7-6-8-4-2-1-3-5-8/h1-5H,6-7H2,(H2,14,15,16). The summed E-state index contributed by atoms with van der Waals surface area (Å²) in [6.45, 7) is 0. The molecule has 7 heteroatoms. The summed E-state index contributed by atoms with van der Waals surface area (Å²) in [6, 6.07) is 9.61. The molecule has 2 N–H and O–H groups in total. The molecule has 0 saturated heterocycles. The fraction of sp³-hybridized carbons (Fsp3) is 0.167. The van der Waals surface area contributed by atoms with Crippen molar-refractivity contribution in [1.82, 2.24) is 9.97 Å². The van der Waals surface area contributed by atoms with Gasteiger partial charge >= 0.3 is 5.69 Å². The van der Waals surface area contributed by atoms with Crippen molar-refractivity contribution in [2.75, 3.05) is 5.73 Å². The Kier molecular flexibility index (Phi) is 3.91. The smallest absolute Gasteiger partial charge is 0.327 e. The Hall–Kier alpha value is -2.21. The Morgan fingerprint density at radius 3 is 2.53 bits per heavy atom. The predicted octanol–water partition coefficient (Wildman–Crippen LogP) is 2.41. The van der Waals surface area contributed by atoms with Crippen LogP contribution < -0.4 is 5.73 Å². The predicted molar refractivity (Wildman–Crippen MR) is 72.0 cm³/mol. The summed E-state index contributed by atoms with van der Waals surface area (Å²) in [7, 11) is 0. The second kappa shape index (κ2) is 5.62. The molecule has 0 fully saturated rings. The topological polar surface area (TPSA) is 94.9 Å². The average molecular weight is 279 g/mol. The third-order valence-corrected chi connectivity index (χ3v) is 2.87. The molecule has 0 aliphatic carbocycles. The van der Waals surface area contributed by atoms with Crippen LogP contribution in [0.15, 0.2) is 30.3 Å². The van der Waals surface area contributed by atoms with Crippen LogP contribution in [0.4, 0.5) is 11.6 Å². The minimum Gasteiger partial charge on any atom is -0.368 e. The van der Waals surface area contributed by atoms with Gasteiger partial charge in [-0.3, -0.25) is 10.1 Å². The van der Waals surface area contributed by atoms with E-state index in [4.69, 9.17) is 17.3 Å². The van der Waals surface area contributed by atoms with Crippen LogP contribution >= 0.6 is 11.6 Å². The molecule has 0 saturated carbocycles. The summed E-state index contributed by atoms with van der Waals surface area (Å²) >= 11 is 5.74. The highest BCUT2D eigenvalue weighted by Crippen LogP contribution is 2.27. The molecule has 0 aliphatic rings. The van der Waals surface area contributed by atoms with E-state index in [0.29, 0.717) is 12.8 Å². The second-order valence-electron chi connectivity index (χ2n) is 3.91. The zero-order valence-electron chi connectivity index (χ0n) is 9.91. The highest BCUT2D eigenvalue weighted by atomic mass is 35.5. The van der Waals surface area contributed by atoms with E-state index < -0.39 is 4.92 Å². The van der Waals surface area contributed by atoms with E-state index in [1.807, 2.05) is 30.3 Å². The molecule has 0 atom stereocenters. The molecule has 19 heavy (non-hydrogen) atoms. The molecule has 0 radical (unpaired) electrons. The Morgan fingerprint density at radius 2 is 1.89 bits per heavy atom. The SMILES string of the molecule is Nc1nc(Cl)c([N+](=O)[O-])c(CCc2ccccc2)n1. The molecule has 0 amide bonds. The number of hydrogen-bond donors (Lipinski definition) is 1. The Morgan fingerprint density at radius 1 is 1.21 bits per heavy atom. The molecule has 98 valence electrons. The van der Waals surface area contributed by atoms with Crippen molar-refractivity contribution >= 4 is 23.2 Å². The van der Waals surface area contributed by atoms with Crippen molar-refractivity contribution in [3.8, 4) is 0 Å². The van der Waals surface area contributed by atoms with Crippen LogP contribution in [-0.4, -0.2) is 14.9 Å². The van der Waals surface area contributed by atoms with Gasteiger partial charge in [0, 0.05) is 6.42 Å². The van der Waals surface area contributed by atoms with Gasteiger partial charge in [-0.25, -0.2) is 4.98 Å². The molecule has 2 aromatic rings. The van der Waals surface area contributed by atoms with Crippen molar-refractivity contribution < 1.29 is 4.92 Å². The number of aromatic nitrogens is 2. The fourth-order valence-electron chi connectivity index (χ4n) is 1.75. The number of halogens is 1. The van der Waals surface area contributed by atoms with Crippen LogP contribution in [0.2, 0.25) is 5.15 Å². The van der Waals surface area contributed by atoms with E-state index in [0.717, 1.165) is 5.56 Å². The van der Waals surface area contributed by atoms with E-state index in [1.54, 1.807) is 0 Å². The lowest BCUT2D eigenvalue weighted by Crippen LogP contribution is -2.06. The van der Waals surface area contributed by atoms with Crippen LogP contribution in [0.5, 0.6) is 0 Å². The van der Waals surface area contributed by atoms with Crippen molar-refractivity contribution in [3.63, 3.8) is 0 Å². The highest BCUT2D eigenvalue weighted by molar-refractivity contribution is 6.31. The first-order valence-corrected chi connectivity index (χ1v) is 5.96. The zero-order chi connectivity index (χ0) is 13.8. The number of nitrogens with zero attached hydrogens (tertiary/aromatic N) is 3. The van der Waals surface area contributed by atoms with Gasteiger partial charge in [-0.05, 0) is 12.0 Å². The first-order valence-electron chi connectivity index (χ1n) is 5.58. The van der Waals surface area contributed by atoms with Gasteiger partial charge in [-0.1, -0.05) is 41.9 Å². The summed E-state index contributed by atoms with van der Waals surface area (Å²) < 4.78 is 0. The van der Waals surface area contributed by atoms with Gasteiger partial charge in [0.25, 0.3) is 0 Å². The van der Waals surface area contributed by atoms with Gasteiger partial charge < -0.3 is 5.73 Å². The van der Waals surface area contributed by atoms with Crippen LogP contribution in [0.25, 0.3) is 0 Å². The number of nitro groups is 1. The molecule has 0 bridgehead atoms. The molecular weight excluding hydrogens is 268 g/mol. The van der Waals surface area contributed by atoms with Gasteiger partial charge in [-0.15, -0.1) is 0 Å². The number of hydrogen-bond acceptors (Lipinski definition) is 5. The average Bonchev–Trinajstić information content (AvgIpc) is 2.36. The zero-order valence-corrected chi connectivity index (χ0v) is 10.7. The third-order valence-electron chi connectivity index (χ3n) is 2.61. The number of nitrogens with two attached hydrogens (primary N) is 1. The number of rotatable bonds is 4. The number of aryl methyl sites for hydroxylation is 2. The molecule has 0 spiro atoms. The van der Waals surface area contributed by atoms with E-state index in [2.05, 4.69) is 9.97 Å². The number of nitrogen functional groups attached to an aromatic ring is 1. The lowest BCUT2D eigenvalue weighted by molar-refractivity contribution is -0.386. The van der Waals surface area contributed by atoms with Gasteiger partial charge in [0.15, 0.2) is 0 Å². The van der Waals surface area contributed by atoms with Gasteiger partial charge in [0.1, 0.15) is 5.69 Å². The van der Waals surface area contributed by atoms with Crippen LogP contribution in [-0.2, 0) is 12.8 Å². The first kappa shape index (κ1) is 13.2. The van der Waals surface area contributed by atoms with Gasteiger partial charge in [0.2, 0.25) is 11.1 Å². The monoisotopic (exact) mass is 278 g/mol. The Labute approximate surface area is 114 Å². The number of anilines is 1. The van der Waals surface area contributed by atoms with Crippen molar-refractivity contribution in [2.24, 2.45) is 0 Å². The number of benzene rings is 1.